The molecular formula is C26H23IN2O3S. The number of methoxy groups -OCH3 is 1. The molecule has 0 spiro atoms. The third-order valence-corrected chi connectivity index (χ3v) is 7.30. The molecule has 1 amide bonds. The summed E-state index contributed by atoms with van der Waals surface area (Å²) in [4.78, 5) is 19.3. The van der Waals surface area contributed by atoms with Gasteiger partial charge >= 0.3 is 0 Å². The number of rotatable bonds is 7. The van der Waals surface area contributed by atoms with Crippen molar-refractivity contribution in [3.05, 3.63) is 67.6 Å². The van der Waals surface area contributed by atoms with Gasteiger partial charge < -0.3 is 14.8 Å². The van der Waals surface area contributed by atoms with Crippen LogP contribution in [0.25, 0.3) is 0 Å². The number of hydrogen-bond donors (Lipinski definition) is 1. The van der Waals surface area contributed by atoms with Gasteiger partial charge in [0.2, 0.25) is 0 Å². The second kappa shape index (κ2) is 10.9. The molecule has 1 aromatic heterocycles. The number of hydrogen-bond acceptors (Lipinski definition) is 5. The number of fused-ring (bicyclic) bond motifs is 1. The number of ether oxygens (including phenoxy) is 2. The molecule has 3 aromatic rings. The van der Waals surface area contributed by atoms with E-state index in [1.54, 1.807) is 24.7 Å². The zero-order chi connectivity index (χ0) is 23.2. The number of nitrogens with one attached hydrogen (secondary N) is 1. The van der Waals surface area contributed by atoms with E-state index < -0.39 is 0 Å². The van der Waals surface area contributed by atoms with Gasteiger partial charge in [0.15, 0.2) is 11.5 Å². The van der Waals surface area contributed by atoms with Crippen LogP contribution in [0.4, 0.5) is 10.7 Å². The van der Waals surface area contributed by atoms with Gasteiger partial charge in [0, 0.05) is 16.8 Å². The van der Waals surface area contributed by atoms with E-state index >= 15 is 0 Å². The highest BCUT2D eigenvalue weighted by molar-refractivity contribution is 14.1. The Hall–Kier alpha value is -2.83. The van der Waals surface area contributed by atoms with E-state index in [2.05, 4.69) is 33.8 Å². The van der Waals surface area contributed by atoms with Gasteiger partial charge in [0.25, 0.3) is 5.91 Å². The predicted molar refractivity (Wildman–Crippen MR) is 143 cm³/mol. The third kappa shape index (κ3) is 5.40. The summed E-state index contributed by atoms with van der Waals surface area (Å²) in [5.41, 5.74) is 3.45. The van der Waals surface area contributed by atoms with Crippen LogP contribution in [0.3, 0.4) is 0 Å². The summed E-state index contributed by atoms with van der Waals surface area (Å²) in [7, 11) is 1.59. The Labute approximate surface area is 211 Å². The van der Waals surface area contributed by atoms with Gasteiger partial charge in [0.05, 0.1) is 16.2 Å². The van der Waals surface area contributed by atoms with Gasteiger partial charge in [0.1, 0.15) is 11.6 Å². The SMILES string of the molecule is C#CCOc1c(I)cc(C=Nc2sc3c(c2C(=O)Nc2ccccc2)CCCC3)cc1OC. The number of carbonyl (C=O) groups excluding carboxylic acids is 1. The molecule has 1 N–H and O–H groups in total. The molecule has 0 atom stereocenters. The molecule has 4 rings (SSSR count). The van der Waals surface area contributed by atoms with Crippen LogP contribution in [0.15, 0.2) is 47.5 Å². The number of carbonyl (C=O) groups is 1. The topological polar surface area (TPSA) is 59.9 Å². The monoisotopic (exact) mass is 570 g/mol. The molecule has 0 fully saturated rings. The molecular weight excluding hydrogens is 547 g/mol. The lowest BCUT2D eigenvalue weighted by Crippen LogP contribution is -2.14. The number of terminal acetylenes is 1. The Bertz CT molecular complexity index is 1230. The molecule has 0 saturated heterocycles. The van der Waals surface area contributed by atoms with Crippen molar-refractivity contribution in [2.24, 2.45) is 4.99 Å². The summed E-state index contributed by atoms with van der Waals surface area (Å²) in [6.07, 6.45) is 11.2. The highest BCUT2D eigenvalue weighted by Crippen LogP contribution is 2.40. The number of anilines is 1. The van der Waals surface area contributed by atoms with Crippen molar-refractivity contribution in [1.82, 2.24) is 0 Å². The van der Waals surface area contributed by atoms with E-state index in [0.717, 1.165) is 51.1 Å². The minimum Gasteiger partial charge on any atom is -0.493 e. The van der Waals surface area contributed by atoms with Crippen LogP contribution in [0.1, 0.15) is 39.2 Å². The number of aryl methyl sites for hydroxylation is 1. The van der Waals surface area contributed by atoms with Gasteiger partial charge in [-0.15, -0.1) is 17.8 Å². The molecule has 0 saturated carbocycles. The van der Waals surface area contributed by atoms with Gasteiger partial charge in [-0.25, -0.2) is 4.99 Å². The van der Waals surface area contributed by atoms with Crippen LogP contribution < -0.4 is 14.8 Å². The van der Waals surface area contributed by atoms with Gasteiger partial charge in [-0.2, -0.15) is 0 Å². The summed E-state index contributed by atoms with van der Waals surface area (Å²) in [6.45, 7) is 0.167. The lowest BCUT2D eigenvalue weighted by Gasteiger charge is -2.13. The highest BCUT2D eigenvalue weighted by Gasteiger charge is 2.25. The average molecular weight is 570 g/mol. The standard InChI is InChI=1S/C26H23IN2O3S/c1-3-13-32-24-20(27)14-17(15-21(24)31-2)16-28-26-23(19-11-7-8-12-22(19)33-26)25(30)29-18-9-5-4-6-10-18/h1,4-6,9-10,14-16H,7-8,11-13H2,2H3,(H,29,30). The molecule has 2 aromatic carbocycles. The summed E-state index contributed by atoms with van der Waals surface area (Å²) >= 11 is 3.80. The second-order valence-electron chi connectivity index (χ2n) is 7.50. The predicted octanol–water partition coefficient (Wildman–Crippen LogP) is 6.26. The van der Waals surface area contributed by atoms with Crippen LogP contribution in [-0.4, -0.2) is 25.8 Å². The third-order valence-electron chi connectivity index (χ3n) is 5.29. The number of thiophene rings is 1. The summed E-state index contributed by atoms with van der Waals surface area (Å²) in [6, 6.07) is 13.3. The number of benzene rings is 2. The molecule has 0 unspecified atom stereocenters. The fourth-order valence-corrected chi connectivity index (χ4v) is 5.80. The molecule has 5 nitrogen and oxygen atoms in total. The molecule has 1 aliphatic carbocycles. The normalized spacial score (nSPS) is 12.8. The zero-order valence-corrected chi connectivity index (χ0v) is 21.2. The fraction of sp³-hybridized carbons (Fsp3) is 0.231. The van der Waals surface area contributed by atoms with Crippen LogP contribution in [0, 0.1) is 15.9 Å². The van der Waals surface area contributed by atoms with E-state index in [4.69, 9.17) is 20.9 Å². The van der Waals surface area contributed by atoms with Crippen molar-refractivity contribution < 1.29 is 14.3 Å². The van der Waals surface area contributed by atoms with Crippen molar-refractivity contribution >= 4 is 56.7 Å². The number of nitrogens with zero attached hydrogens (tertiary/aromatic N) is 1. The van der Waals surface area contributed by atoms with Crippen molar-refractivity contribution in [1.29, 1.82) is 0 Å². The first-order valence-corrected chi connectivity index (χ1v) is 12.5. The molecule has 0 aliphatic heterocycles. The Morgan fingerprint density at radius 1 is 1.27 bits per heavy atom. The maximum Gasteiger partial charge on any atom is 0.259 e. The van der Waals surface area contributed by atoms with E-state index in [1.807, 2.05) is 42.5 Å². The summed E-state index contributed by atoms with van der Waals surface area (Å²) in [5, 5.41) is 3.76. The van der Waals surface area contributed by atoms with E-state index in [9.17, 15) is 4.79 Å². The number of para-hydroxylation sites is 1. The van der Waals surface area contributed by atoms with Gasteiger partial charge in [-0.1, -0.05) is 24.1 Å². The molecule has 168 valence electrons. The molecule has 1 heterocycles. The fourth-order valence-electron chi connectivity index (χ4n) is 3.79. The molecule has 7 heteroatoms. The number of halogens is 1. The Morgan fingerprint density at radius 3 is 2.82 bits per heavy atom. The largest absolute Gasteiger partial charge is 0.493 e. The maximum atomic E-state index is 13.2. The lowest BCUT2D eigenvalue weighted by molar-refractivity contribution is 0.102. The van der Waals surface area contributed by atoms with E-state index in [-0.39, 0.29) is 12.5 Å². The van der Waals surface area contributed by atoms with Gasteiger partial charge in [-0.3, -0.25) is 4.79 Å². The molecule has 0 radical (unpaired) electrons. The minimum atomic E-state index is -0.113. The average Bonchev–Trinajstić information content (AvgIpc) is 3.21. The Morgan fingerprint density at radius 2 is 2.06 bits per heavy atom. The van der Waals surface area contributed by atoms with Gasteiger partial charge in [-0.05, 0) is 83.7 Å². The van der Waals surface area contributed by atoms with E-state index in [0.29, 0.717) is 17.1 Å². The van der Waals surface area contributed by atoms with Crippen LogP contribution in [-0.2, 0) is 12.8 Å². The summed E-state index contributed by atoms with van der Waals surface area (Å²) in [5.74, 6) is 3.56. The Kier molecular flexibility index (Phi) is 7.68. The summed E-state index contributed by atoms with van der Waals surface area (Å²) < 4.78 is 12.0. The van der Waals surface area contributed by atoms with Crippen LogP contribution in [0.2, 0.25) is 0 Å². The van der Waals surface area contributed by atoms with E-state index in [1.165, 1.54) is 4.88 Å². The second-order valence-corrected chi connectivity index (χ2v) is 9.74. The number of aliphatic imine (C=N–C) groups is 1. The van der Waals surface area contributed by atoms with Crippen LogP contribution >= 0.6 is 33.9 Å². The minimum absolute atomic E-state index is 0.113. The van der Waals surface area contributed by atoms with Crippen molar-refractivity contribution in [2.45, 2.75) is 25.7 Å². The van der Waals surface area contributed by atoms with Crippen molar-refractivity contribution in [2.75, 3.05) is 19.0 Å². The maximum absolute atomic E-state index is 13.2. The molecule has 33 heavy (non-hydrogen) atoms. The molecule has 0 bridgehead atoms. The Balaban J connectivity index is 1.67. The first kappa shape index (κ1) is 23.3. The highest BCUT2D eigenvalue weighted by atomic mass is 127. The number of amides is 1. The zero-order valence-electron chi connectivity index (χ0n) is 18.2. The van der Waals surface area contributed by atoms with Crippen molar-refractivity contribution in [3.63, 3.8) is 0 Å². The lowest BCUT2D eigenvalue weighted by atomic mass is 9.95. The first-order chi connectivity index (χ1) is 16.1. The van der Waals surface area contributed by atoms with Crippen LogP contribution in [0.5, 0.6) is 11.5 Å². The molecule has 1 aliphatic rings. The quantitative estimate of drug-likeness (QED) is 0.208. The smallest absolute Gasteiger partial charge is 0.259 e. The van der Waals surface area contributed by atoms with Crippen molar-refractivity contribution in [3.8, 4) is 23.8 Å². The first-order valence-electron chi connectivity index (χ1n) is 10.6.